The fourth-order valence-corrected chi connectivity index (χ4v) is 3.84. The number of hydrogen-bond acceptors (Lipinski definition) is 2. The quantitative estimate of drug-likeness (QED) is 0.373. The highest BCUT2D eigenvalue weighted by atomic mass is 35.5. The molecule has 1 aliphatic rings. The molecule has 148 valence electrons. The standard InChI is InChI=1S/C21H24Cl2N4O/c1-24-21(25-10-4-5-14-8-9-16(22)12-18(14)23)26-13-15-11-20(28)27-19-7-3-2-6-17(15)19/h2-3,6-9,12,15H,4-5,10-11,13H2,1H3,(H,27,28)(H2,24,25,26). The van der Waals surface area contributed by atoms with Crippen LogP contribution >= 0.6 is 23.2 Å². The van der Waals surface area contributed by atoms with E-state index in [0.717, 1.165) is 42.2 Å². The lowest BCUT2D eigenvalue weighted by atomic mass is 9.90. The number of aliphatic imine (C=N–C) groups is 1. The Labute approximate surface area is 175 Å². The normalized spacial score (nSPS) is 16.3. The van der Waals surface area contributed by atoms with E-state index in [0.29, 0.717) is 23.0 Å². The summed E-state index contributed by atoms with van der Waals surface area (Å²) < 4.78 is 0. The van der Waals surface area contributed by atoms with Gasteiger partial charge >= 0.3 is 0 Å². The van der Waals surface area contributed by atoms with Crippen molar-refractivity contribution in [1.29, 1.82) is 0 Å². The average Bonchev–Trinajstić information content (AvgIpc) is 2.68. The lowest BCUT2D eigenvalue weighted by Crippen LogP contribution is -2.41. The third kappa shape index (κ3) is 5.40. The molecule has 3 rings (SSSR count). The lowest BCUT2D eigenvalue weighted by Gasteiger charge is -2.26. The summed E-state index contributed by atoms with van der Waals surface area (Å²) in [7, 11) is 1.74. The molecule has 5 nitrogen and oxygen atoms in total. The zero-order valence-corrected chi connectivity index (χ0v) is 17.3. The van der Waals surface area contributed by atoms with Crippen molar-refractivity contribution in [2.75, 3.05) is 25.5 Å². The Balaban J connectivity index is 1.47. The van der Waals surface area contributed by atoms with Gasteiger partial charge in [-0.3, -0.25) is 9.79 Å². The Bertz CT molecular complexity index is 869. The molecule has 1 aliphatic heterocycles. The molecule has 0 bridgehead atoms. The van der Waals surface area contributed by atoms with Crippen LogP contribution in [0.25, 0.3) is 0 Å². The van der Waals surface area contributed by atoms with Crippen molar-refractivity contribution in [2.45, 2.75) is 25.2 Å². The van der Waals surface area contributed by atoms with Crippen molar-refractivity contribution in [3.05, 3.63) is 63.6 Å². The van der Waals surface area contributed by atoms with E-state index >= 15 is 0 Å². The van der Waals surface area contributed by atoms with Gasteiger partial charge in [0.1, 0.15) is 0 Å². The number of halogens is 2. The monoisotopic (exact) mass is 418 g/mol. The highest BCUT2D eigenvalue weighted by Crippen LogP contribution is 2.31. The van der Waals surface area contributed by atoms with Crippen LogP contribution in [-0.4, -0.2) is 32.0 Å². The van der Waals surface area contributed by atoms with E-state index < -0.39 is 0 Å². The van der Waals surface area contributed by atoms with Crippen molar-refractivity contribution in [3.63, 3.8) is 0 Å². The number of amides is 1. The van der Waals surface area contributed by atoms with Crippen molar-refractivity contribution >= 4 is 40.8 Å². The van der Waals surface area contributed by atoms with Gasteiger partial charge in [-0.2, -0.15) is 0 Å². The Kier molecular flexibility index (Phi) is 7.18. The zero-order valence-electron chi connectivity index (χ0n) is 15.8. The molecule has 2 aromatic rings. The number of para-hydroxylation sites is 1. The summed E-state index contributed by atoms with van der Waals surface area (Å²) in [5, 5.41) is 10.9. The van der Waals surface area contributed by atoms with Crippen LogP contribution in [0.1, 0.15) is 29.9 Å². The van der Waals surface area contributed by atoms with Gasteiger partial charge in [-0.05, 0) is 42.2 Å². The molecule has 3 N–H and O–H groups in total. The Morgan fingerprint density at radius 3 is 2.82 bits per heavy atom. The Morgan fingerprint density at radius 1 is 1.21 bits per heavy atom. The largest absolute Gasteiger partial charge is 0.356 e. The van der Waals surface area contributed by atoms with Gasteiger partial charge in [0.15, 0.2) is 5.96 Å². The number of guanidine groups is 1. The molecule has 0 saturated heterocycles. The van der Waals surface area contributed by atoms with Crippen molar-refractivity contribution in [1.82, 2.24) is 10.6 Å². The SMILES string of the molecule is CN=C(NCCCc1ccc(Cl)cc1Cl)NCC1CC(=O)Nc2ccccc21. The maximum atomic E-state index is 11.9. The molecule has 0 spiro atoms. The third-order valence-electron chi connectivity index (χ3n) is 4.78. The molecule has 1 unspecified atom stereocenters. The molecule has 1 heterocycles. The summed E-state index contributed by atoms with van der Waals surface area (Å²) >= 11 is 12.1. The fraction of sp³-hybridized carbons (Fsp3) is 0.333. The molecule has 0 aliphatic carbocycles. The van der Waals surface area contributed by atoms with Gasteiger partial charge in [0.2, 0.25) is 5.91 Å². The molecule has 0 aromatic heterocycles. The van der Waals surface area contributed by atoms with Gasteiger partial charge < -0.3 is 16.0 Å². The molecule has 0 radical (unpaired) electrons. The van der Waals surface area contributed by atoms with Crippen LogP contribution in [0.4, 0.5) is 5.69 Å². The molecule has 1 amide bonds. The predicted octanol–water partition coefficient (Wildman–Crippen LogP) is 4.22. The first-order chi connectivity index (χ1) is 13.6. The molecule has 7 heteroatoms. The number of nitrogens with one attached hydrogen (secondary N) is 3. The minimum Gasteiger partial charge on any atom is -0.356 e. The highest BCUT2D eigenvalue weighted by molar-refractivity contribution is 6.35. The number of benzene rings is 2. The van der Waals surface area contributed by atoms with Gasteiger partial charge in [0.05, 0.1) is 0 Å². The topological polar surface area (TPSA) is 65.5 Å². The van der Waals surface area contributed by atoms with Gasteiger partial charge in [-0.1, -0.05) is 47.5 Å². The first-order valence-corrected chi connectivity index (χ1v) is 10.1. The van der Waals surface area contributed by atoms with Crippen LogP contribution in [0.2, 0.25) is 10.0 Å². The second kappa shape index (κ2) is 9.80. The molecule has 1 atom stereocenters. The number of nitrogens with zero attached hydrogens (tertiary/aromatic N) is 1. The number of fused-ring (bicyclic) bond motifs is 1. The summed E-state index contributed by atoms with van der Waals surface area (Å²) in [6, 6.07) is 13.5. The summed E-state index contributed by atoms with van der Waals surface area (Å²) in [6.07, 6.45) is 2.24. The molecular weight excluding hydrogens is 395 g/mol. The van der Waals surface area contributed by atoms with Gasteiger partial charge in [-0.25, -0.2) is 0 Å². The van der Waals surface area contributed by atoms with Crippen LogP contribution in [0, 0.1) is 0 Å². The van der Waals surface area contributed by atoms with Gasteiger partial charge in [0, 0.05) is 48.2 Å². The molecule has 28 heavy (non-hydrogen) atoms. The van der Waals surface area contributed by atoms with Crippen molar-refractivity contribution in [3.8, 4) is 0 Å². The number of hydrogen-bond donors (Lipinski definition) is 3. The minimum atomic E-state index is 0.0493. The summed E-state index contributed by atoms with van der Waals surface area (Å²) in [4.78, 5) is 16.2. The number of rotatable bonds is 6. The molecule has 0 saturated carbocycles. The van der Waals surface area contributed by atoms with E-state index in [1.807, 2.05) is 30.3 Å². The maximum absolute atomic E-state index is 11.9. The smallest absolute Gasteiger partial charge is 0.225 e. The Hall–Kier alpha value is -2.24. The van der Waals surface area contributed by atoms with E-state index in [4.69, 9.17) is 23.2 Å². The van der Waals surface area contributed by atoms with E-state index in [9.17, 15) is 4.79 Å². The first kappa shape index (κ1) is 20.5. The van der Waals surface area contributed by atoms with E-state index in [-0.39, 0.29) is 11.8 Å². The molecule has 0 fully saturated rings. The number of carbonyl (C=O) groups is 1. The van der Waals surface area contributed by atoms with Crippen LogP contribution in [0.3, 0.4) is 0 Å². The third-order valence-corrected chi connectivity index (χ3v) is 5.36. The van der Waals surface area contributed by atoms with E-state index in [2.05, 4.69) is 27.0 Å². The second-order valence-electron chi connectivity index (χ2n) is 6.76. The zero-order chi connectivity index (χ0) is 19.9. The second-order valence-corrected chi connectivity index (χ2v) is 7.60. The van der Waals surface area contributed by atoms with Crippen LogP contribution in [-0.2, 0) is 11.2 Å². The minimum absolute atomic E-state index is 0.0493. The molecular formula is C21H24Cl2N4O. The molecule has 2 aromatic carbocycles. The van der Waals surface area contributed by atoms with Gasteiger partial charge in [0.25, 0.3) is 0 Å². The summed E-state index contributed by atoms with van der Waals surface area (Å²) in [6.45, 7) is 1.41. The highest BCUT2D eigenvalue weighted by Gasteiger charge is 2.24. The van der Waals surface area contributed by atoms with E-state index in [1.165, 1.54) is 0 Å². The summed E-state index contributed by atoms with van der Waals surface area (Å²) in [5.74, 6) is 0.898. The van der Waals surface area contributed by atoms with Crippen molar-refractivity contribution < 1.29 is 4.79 Å². The van der Waals surface area contributed by atoms with Crippen LogP contribution < -0.4 is 16.0 Å². The van der Waals surface area contributed by atoms with Crippen LogP contribution in [0.15, 0.2) is 47.5 Å². The Morgan fingerprint density at radius 2 is 2.04 bits per heavy atom. The maximum Gasteiger partial charge on any atom is 0.225 e. The number of carbonyl (C=O) groups excluding carboxylic acids is 1. The number of anilines is 1. The van der Waals surface area contributed by atoms with Crippen molar-refractivity contribution in [2.24, 2.45) is 4.99 Å². The number of aryl methyl sites for hydroxylation is 1. The van der Waals surface area contributed by atoms with Gasteiger partial charge in [-0.15, -0.1) is 0 Å². The lowest BCUT2D eigenvalue weighted by molar-refractivity contribution is -0.116. The van der Waals surface area contributed by atoms with Crippen LogP contribution in [0.5, 0.6) is 0 Å². The summed E-state index contributed by atoms with van der Waals surface area (Å²) in [5.41, 5.74) is 3.14. The predicted molar refractivity (Wildman–Crippen MR) is 117 cm³/mol. The fourth-order valence-electron chi connectivity index (χ4n) is 3.33. The first-order valence-electron chi connectivity index (χ1n) is 9.34. The van der Waals surface area contributed by atoms with E-state index in [1.54, 1.807) is 13.1 Å². The average molecular weight is 419 g/mol.